The Morgan fingerprint density at radius 1 is 1.35 bits per heavy atom. The van der Waals surface area contributed by atoms with Crippen molar-refractivity contribution in [2.75, 3.05) is 17.8 Å². The Bertz CT molecular complexity index is 609. The van der Waals surface area contributed by atoms with Crippen LogP contribution in [-0.4, -0.2) is 31.7 Å². The summed E-state index contributed by atoms with van der Waals surface area (Å²) < 4.78 is 27.1. The largest absolute Gasteiger partial charge is 0.317 e. The normalized spacial score (nSPS) is 16.9. The minimum absolute atomic E-state index is 0.0875. The van der Waals surface area contributed by atoms with Crippen LogP contribution in [0.1, 0.15) is 18.4 Å². The molecule has 110 valence electrons. The quantitative estimate of drug-likeness (QED) is 0.646. The number of nitro groups is 1. The maximum absolute atomic E-state index is 12.3. The summed E-state index contributed by atoms with van der Waals surface area (Å²) in [6.07, 6.45) is 1.09. The van der Waals surface area contributed by atoms with E-state index in [-0.39, 0.29) is 11.4 Å². The van der Waals surface area contributed by atoms with E-state index in [2.05, 4.69) is 10.0 Å². The first-order valence-corrected chi connectivity index (χ1v) is 7.93. The predicted molar refractivity (Wildman–Crippen MR) is 76.3 cm³/mol. The van der Waals surface area contributed by atoms with Gasteiger partial charge in [0.1, 0.15) is 0 Å². The molecule has 0 bridgehead atoms. The molecule has 1 aromatic rings. The van der Waals surface area contributed by atoms with Crippen LogP contribution in [0.3, 0.4) is 0 Å². The Morgan fingerprint density at radius 2 is 2.00 bits per heavy atom. The highest BCUT2D eigenvalue weighted by atomic mass is 32.2. The van der Waals surface area contributed by atoms with E-state index < -0.39 is 20.2 Å². The highest BCUT2D eigenvalue weighted by molar-refractivity contribution is 7.93. The van der Waals surface area contributed by atoms with Gasteiger partial charge < -0.3 is 5.32 Å². The van der Waals surface area contributed by atoms with Gasteiger partial charge in [-0.25, -0.2) is 8.42 Å². The molecular weight excluding hydrogens is 282 g/mol. The fraction of sp³-hybridized carbons (Fsp3) is 0.500. The van der Waals surface area contributed by atoms with Crippen LogP contribution in [0.5, 0.6) is 0 Å². The van der Waals surface area contributed by atoms with Gasteiger partial charge in [0.05, 0.1) is 21.4 Å². The highest BCUT2D eigenvalue weighted by Crippen LogP contribution is 2.27. The number of hydrogen-bond donors (Lipinski definition) is 2. The van der Waals surface area contributed by atoms with Crippen molar-refractivity contribution in [2.45, 2.75) is 25.0 Å². The van der Waals surface area contributed by atoms with Crippen molar-refractivity contribution in [1.29, 1.82) is 0 Å². The van der Waals surface area contributed by atoms with E-state index in [9.17, 15) is 18.5 Å². The molecule has 8 heteroatoms. The van der Waals surface area contributed by atoms with Crippen molar-refractivity contribution in [3.8, 4) is 0 Å². The third-order valence-electron chi connectivity index (χ3n) is 3.48. The number of rotatable bonds is 4. The zero-order chi connectivity index (χ0) is 14.8. The number of sulfonamides is 1. The zero-order valence-electron chi connectivity index (χ0n) is 11.1. The van der Waals surface area contributed by atoms with Crippen LogP contribution in [-0.2, 0) is 10.0 Å². The number of nitrogens with zero attached hydrogens (tertiary/aromatic N) is 1. The van der Waals surface area contributed by atoms with Gasteiger partial charge in [-0.15, -0.1) is 0 Å². The van der Waals surface area contributed by atoms with Gasteiger partial charge in [-0.2, -0.15) is 0 Å². The summed E-state index contributed by atoms with van der Waals surface area (Å²) in [5.41, 5.74) is 0.517. The minimum atomic E-state index is -3.51. The third kappa shape index (κ3) is 3.07. The number of piperidine rings is 1. The number of nitrogens with one attached hydrogen (secondary N) is 2. The monoisotopic (exact) mass is 299 g/mol. The average Bonchev–Trinajstić information content (AvgIpc) is 2.41. The summed E-state index contributed by atoms with van der Waals surface area (Å²) in [6, 6.07) is 4.38. The molecule has 7 nitrogen and oxygen atoms in total. The smallest absolute Gasteiger partial charge is 0.274 e. The second-order valence-corrected chi connectivity index (χ2v) is 6.76. The summed E-state index contributed by atoms with van der Waals surface area (Å²) in [5, 5.41) is 13.5. The van der Waals surface area contributed by atoms with Crippen LogP contribution in [0.25, 0.3) is 0 Å². The summed E-state index contributed by atoms with van der Waals surface area (Å²) in [7, 11) is -3.51. The van der Waals surface area contributed by atoms with Gasteiger partial charge in [-0.3, -0.25) is 14.8 Å². The third-order valence-corrected chi connectivity index (χ3v) is 5.33. The number of nitro benzene ring substituents is 1. The zero-order valence-corrected chi connectivity index (χ0v) is 11.9. The van der Waals surface area contributed by atoms with E-state index in [1.54, 1.807) is 13.0 Å². The van der Waals surface area contributed by atoms with Crippen molar-refractivity contribution in [3.05, 3.63) is 33.9 Å². The molecule has 0 aliphatic carbocycles. The average molecular weight is 299 g/mol. The molecule has 0 aromatic heterocycles. The highest BCUT2D eigenvalue weighted by Gasteiger charge is 2.28. The van der Waals surface area contributed by atoms with Crippen LogP contribution >= 0.6 is 0 Å². The molecule has 1 aliphatic rings. The van der Waals surface area contributed by atoms with Crippen LogP contribution in [0.15, 0.2) is 18.2 Å². The molecule has 0 amide bonds. The predicted octanol–water partition coefficient (Wildman–Crippen LogP) is 1.40. The van der Waals surface area contributed by atoms with E-state index in [1.807, 2.05) is 0 Å². The van der Waals surface area contributed by atoms with E-state index >= 15 is 0 Å². The first kappa shape index (κ1) is 14.7. The number of anilines is 1. The molecule has 0 saturated carbocycles. The Kier molecular flexibility index (Phi) is 4.24. The Morgan fingerprint density at radius 3 is 2.60 bits per heavy atom. The minimum Gasteiger partial charge on any atom is -0.317 e. The van der Waals surface area contributed by atoms with Crippen molar-refractivity contribution in [3.63, 3.8) is 0 Å². The molecule has 0 spiro atoms. The van der Waals surface area contributed by atoms with E-state index in [0.717, 1.165) is 0 Å². The molecule has 2 N–H and O–H groups in total. The van der Waals surface area contributed by atoms with Crippen molar-refractivity contribution >= 4 is 21.4 Å². The van der Waals surface area contributed by atoms with Crippen LogP contribution in [0, 0.1) is 17.0 Å². The Hall–Kier alpha value is -1.67. The van der Waals surface area contributed by atoms with Crippen molar-refractivity contribution in [1.82, 2.24) is 5.32 Å². The summed E-state index contributed by atoms with van der Waals surface area (Å²) in [4.78, 5) is 10.3. The second kappa shape index (κ2) is 5.76. The summed E-state index contributed by atoms with van der Waals surface area (Å²) in [5.74, 6) is 0. The van der Waals surface area contributed by atoms with Gasteiger partial charge in [0, 0.05) is 6.07 Å². The SMILES string of the molecule is Cc1c(NS(=O)(=O)C2CCNCC2)cccc1[N+](=O)[O-]. The van der Waals surface area contributed by atoms with E-state index in [1.165, 1.54) is 12.1 Å². The first-order chi connectivity index (χ1) is 9.42. The molecule has 1 aromatic carbocycles. The number of benzene rings is 1. The van der Waals surface area contributed by atoms with E-state index in [4.69, 9.17) is 0 Å². The molecule has 2 rings (SSSR count). The molecule has 0 atom stereocenters. The lowest BCUT2D eigenvalue weighted by atomic mass is 10.2. The van der Waals surface area contributed by atoms with Gasteiger partial charge in [0.25, 0.3) is 5.69 Å². The lowest BCUT2D eigenvalue weighted by Crippen LogP contribution is -2.38. The Labute approximate surface area is 117 Å². The molecule has 0 radical (unpaired) electrons. The van der Waals surface area contributed by atoms with E-state index in [0.29, 0.717) is 31.5 Å². The molecule has 20 heavy (non-hydrogen) atoms. The molecule has 1 aliphatic heterocycles. The molecule has 1 fully saturated rings. The molecule has 1 saturated heterocycles. The van der Waals surface area contributed by atoms with Crippen molar-refractivity contribution in [2.24, 2.45) is 0 Å². The second-order valence-electron chi connectivity index (χ2n) is 4.80. The first-order valence-electron chi connectivity index (χ1n) is 6.38. The van der Waals surface area contributed by atoms with Gasteiger partial charge in [-0.05, 0) is 38.9 Å². The lowest BCUT2D eigenvalue weighted by molar-refractivity contribution is -0.385. The van der Waals surface area contributed by atoms with Gasteiger partial charge in [0.15, 0.2) is 0 Å². The summed E-state index contributed by atoms with van der Waals surface area (Å²) >= 11 is 0. The maximum Gasteiger partial charge on any atom is 0.274 e. The van der Waals surface area contributed by atoms with Gasteiger partial charge in [0.2, 0.25) is 10.0 Å². The fourth-order valence-corrected chi connectivity index (χ4v) is 3.82. The van der Waals surface area contributed by atoms with Crippen LogP contribution in [0.4, 0.5) is 11.4 Å². The van der Waals surface area contributed by atoms with Gasteiger partial charge >= 0.3 is 0 Å². The molecule has 1 heterocycles. The standard InChI is InChI=1S/C12H17N3O4S/c1-9-11(3-2-4-12(9)15(16)17)14-20(18,19)10-5-7-13-8-6-10/h2-4,10,13-14H,5-8H2,1H3. The van der Waals surface area contributed by atoms with Gasteiger partial charge in [-0.1, -0.05) is 6.07 Å². The van der Waals surface area contributed by atoms with Crippen LogP contribution in [0.2, 0.25) is 0 Å². The lowest BCUT2D eigenvalue weighted by Gasteiger charge is -2.23. The molecular formula is C12H17N3O4S. The van der Waals surface area contributed by atoms with Crippen molar-refractivity contribution < 1.29 is 13.3 Å². The maximum atomic E-state index is 12.3. The topological polar surface area (TPSA) is 101 Å². The summed E-state index contributed by atoms with van der Waals surface area (Å²) in [6.45, 7) is 2.87. The fourth-order valence-electron chi connectivity index (χ4n) is 2.27. The molecule has 0 unspecified atom stereocenters. The number of hydrogen-bond acceptors (Lipinski definition) is 5. The van der Waals surface area contributed by atoms with Crippen LogP contribution < -0.4 is 10.0 Å². The Balaban J connectivity index is 2.25.